The maximum Gasteiger partial charge on any atom is 0.254 e. The van der Waals surface area contributed by atoms with Crippen molar-refractivity contribution in [2.75, 3.05) is 13.2 Å². The minimum absolute atomic E-state index is 0.138. The third kappa shape index (κ3) is 2.71. The smallest absolute Gasteiger partial charge is 0.254 e. The zero-order valence-electron chi connectivity index (χ0n) is 8.78. The summed E-state index contributed by atoms with van der Waals surface area (Å²) in [5.74, 6) is -0.200. The molecule has 0 aliphatic carbocycles. The molecule has 16 heavy (non-hydrogen) atoms. The van der Waals surface area contributed by atoms with Crippen LogP contribution in [0.3, 0.4) is 0 Å². The molecule has 86 valence electrons. The van der Waals surface area contributed by atoms with Gasteiger partial charge < -0.3 is 10.1 Å². The van der Waals surface area contributed by atoms with Gasteiger partial charge in [0.25, 0.3) is 5.91 Å². The van der Waals surface area contributed by atoms with E-state index in [2.05, 4.69) is 10.3 Å². The van der Waals surface area contributed by atoms with Gasteiger partial charge in [-0.3, -0.25) is 4.79 Å². The minimum atomic E-state index is -0.200. The van der Waals surface area contributed by atoms with Crippen molar-refractivity contribution in [3.8, 4) is 0 Å². The van der Waals surface area contributed by atoms with Gasteiger partial charge in [0.15, 0.2) is 0 Å². The maximum atomic E-state index is 11.7. The van der Waals surface area contributed by atoms with E-state index in [0.29, 0.717) is 12.1 Å². The van der Waals surface area contributed by atoms with E-state index in [4.69, 9.17) is 16.3 Å². The van der Waals surface area contributed by atoms with E-state index < -0.39 is 0 Å². The van der Waals surface area contributed by atoms with Gasteiger partial charge >= 0.3 is 0 Å². The highest BCUT2D eigenvalue weighted by molar-refractivity contribution is 6.32. The number of ether oxygens (including phenoxy) is 1. The van der Waals surface area contributed by atoms with E-state index in [1.807, 2.05) is 0 Å². The fourth-order valence-corrected chi connectivity index (χ4v) is 1.87. The number of hydrogen-bond donors (Lipinski definition) is 1. The van der Waals surface area contributed by atoms with Crippen LogP contribution in [0.5, 0.6) is 0 Å². The van der Waals surface area contributed by atoms with Gasteiger partial charge in [0.2, 0.25) is 0 Å². The van der Waals surface area contributed by atoms with Crippen molar-refractivity contribution in [1.29, 1.82) is 0 Å². The third-order valence-electron chi connectivity index (χ3n) is 2.52. The number of aromatic nitrogens is 1. The summed E-state index contributed by atoms with van der Waals surface area (Å²) in [6.45, 7) is 1.32. The van der Waals surface area contributed by atoms with E-state index in [9.17, 15) is 4.79 Å². The van der Waals surface area contributed by atoms with E-state index in [-0.39, 0.29) is 17.2 Å². The molecule has 1 aliphatic rings. The van der Waals surface area contributed by atoms with Crippen LogP contribution in [0.2, 0.25) is 5.15 Å². The van der Waals surface area contributed by atoms with Gasteiger partial charge in [-0.2, -0.15) is 0 Å². The predicted octanol–water partition coefficient (Wildman–Crippen LogP) is 1.64. The molecule has 0 unspecified atom stereocenters. The Hall–Kier alpha value is -1.13. The number of carbonyl (C=O) groups is 1. The van der Waals surface area contributed by atoms with Crippen molar-refractivity contribution in [2.24, 2.45) is 0 Å². The molecule has 1 aliphatic heterocycles. The molecule has 0 aromatic carbocycles. The fraction of sp³-hybridized carbons (Fsp3) is 0.455. The molecule has 1 saturated heterocycles. The number of nitrogens with zero attached hydrogens (tertiary/aromatic N) is 1. The van der Waals surface area contributed by atoms with E-state index in [0.717, 1.165) is 19.4 Å². The lowest BCUT2D eigenvalue weighted by molar-refractivity contribution is 0.0857. The highest BCUT2D eigenvalue weighted by atomic mass is 35.5. The Bertz CT molecular complexity index is 378. The molecule has 0 saturated carbocycles. The predicted molar refractivity (Wildman–Crippen MR) is 60.6 cm³/mol. The minimum Gasteiger partial charge on any atom is -0.376 e. The molecule has 1 aromatic heterocycles. The number of rotatable bonds is 3. The average Bonchev–Trinajstić information content (AvgIpc) is 2.79. The van der Waals surface area contributed by atoms with Crippen LogP contribution in [-0.2, 0) is 4.74 Å². The molecule has 1 fully saturated rings. The lowest BCUT2D eigenvalue weighted by Gasteiger charge is -2.10. The monoisotopic (exact) mass is 240 g/mol. The number of carbonyl (C=O) groups excluding carboxylic acids is 1. The van der Waals surface area contributed by atoms with Crippen molar-refractivity contribution in [3.05, 3.63) is 29.0 Å². The van der Waals surface area contributed by atoms with Gasteiger partial charge in [-0.15, -0.1) is 0 Å². The summed E-state index contributed by atoms with van der Waals surface area (Å²) in [6.07, 6.45) is 3.76. The molecule has 5 heteroatoms. The van der Waals surface area contributed by atoms with Crippen LogP contribution in [0, 0.1) is 0 Å². The largest absolute Gasteiger partial charge is 0.376 e. The highest BCUT2D eigenvalue weighted by Gasteiger charge is 2.17. The molecule has 1 aromatic rings. The fourth-order valence-electron chi connectivity index (χ4n) is 1.66. The third-order valence-corrected chi connectivity index (χ3v) is 2.82. The van der Waals surface area contributed by atoms with Crippen LogP contribution in [0.4, 0.5) is 0 Å². The first-order valence-corrected chi connectivity index (χ1v) is 5.65. The number of nitrogens with one attached hydrogen (secondary N) is 1. The SMILES string of the molecule is O=C(NC[C@@H]1CCCO1)c1cccnc1Cl. The Balaban J connectivity index is 1.90. The van der Waals surface area contributed by atoms with Crippen LogP contribution >= 0.6 is 11.6 Å². The van der Waals surface area contributed by atoms with E-state index in [1.165, 1.54) is 0 Å². The molecular formula is C11H13ClN2O2. The van der Waals surface area contributed by atoms with Crippen molar-refractivity contribution >= 4 is 17.5 Å². The quantitative estimate of drug-likeness (QED) is 0.818. The van der Waals surface area contributed by atoms with Gasteiger partial charge in [0.05, 0.1) is 11.7 Å². The molecule has 1 amide bonds. The van der Waals surface area contributed by atoms with Crippen molar-refractivity contribution in [3.63, 3.8) is 0 Å². The lowest BCUT2D eigenvalue weighted by Crippen LogP contribution is -2.31. The van der Waals surface area contributed by atoms with Crippen LogP contribution in [0.25, 0.3) is 0 Å². The molecule has 1 atom stereocenters. The summed E-state index contributed by atoms with van der Waals surface area (Å²) in [4.78, 5) is 15.6. The Morgan fingerprint density at radius 2 is 2.56 bits per heavy atom. The van der Waals surface area contributed by atoms with Gasteiger partial charge in [-0.1, -0.05) is 11.6 Å². The Kier molecular flexibility index (Phi) is 3.74. The number of hydrogen-bond acceptors (Lipinski definition) is 3. The van der Waals surface area contributed by atoms with Crippen LogP contribution in [-0.4, -0.2) is 30.1 Å². The number of amides is 1. The van der Waals surface area contributed by atoms with Gasteiger partial charge in [-0.05, 0) is 25.0 Å². The summed E-state index contributed by atoms with van der Waals surface area (Å²) in [7, 11) is 0. The summed E-state index contributed by atoms with van der Waals surface area (Å²) >= 11 is 5.81. The first-order chi connectivity index (χ1) is 7.77. The summed E-state index contributed by atoms with van der Waals surface area (Å²) < 4.78 is 5.41. The highest BCUT2D eigenvalue weighted by Crippen LogP contribution is 2.13. The molecular weight excluding hydrogens is 228 g/mol. The summed E-state index contributed by atoms with van der Waals surface area (Å²) in [5, 5.41) is 3.02. The lowest BCUT2D eigenvalue weighted by atomic mass is 10.2. The van der Waals surface area contributed by atoms with Crippen molar-refractivity contribution in [2.45, 2.75) is 18.9 Å². The van der Waals surface area contributed by atoms with Crippen LogP contribution in [0.15, 0.2) is 18.3 Å². The summed E-state index contributed by atoms with van der Waals surface area (Å²) in [5.41, 5.74) is 0.405. The molecule has 2 heterocycles. The van der Waals surface area contributed by atoms with E-state index >= 15 is 0 Å². The second-order valence-electron chi connectivity index (χ2n) is 3.69. The molecule has 0 spiro atoms. The average molecular weight is 241 g/mol. The summed E-state index contributed by atoms with van der Waals surface area (Å²) in [6, 6.07) is 3.34. The van der Waals surface area contributed by atoms with Crippen LogP contribution < -0.4 is 5.32 Å². The Labute approximate surface area is 99.0 Å². The normalized spacial score (nSPS) is 19.7. The second-order valence-corrected chi connectivity index (χ2v) is 4.04. The van der Waals surface area contributed by atoms with Gasteiger partial charge in [-0.25, -0.2) is 4.98 Å². The molecule has 0 bridgehead atoms. The number of pyridine rings is 1. The second kappa shape index (κ2) is 5.27. The first kappa shape index (κ1) is 11.4. The molecule has 2 rings (SSSR count). The van der Waals surface area contributed by atoms with Crippen LogP contribution in [0.1, 0.15) is 23.2 Å². The van der Waals surface area contributed by atoms with Crippen molar-refractivity contribution in [1.82, 2.24) is 10.3 Å². The molecule has 1 N–H and O–H groups in total. The molecule has 0 radical (unpaired) electrons. The Morgan fingerprint density at radius 1 is 1.69 bits per heavy atom. The Morgan fingerprint density at radius 3 is 3.25 bits per heavy atom. The van der Waals surface area contributed by atoms with E-state index in [1.54, 1.807) is 18.3 Å². The maximum absolute atomic E-state index is 11.7. The van der Waals surface area contributed by atoms with Gasteiger partial charge in [0, 0.05) is 19.3 Å². The zero-order chi connectivity index (χ0) is 11.4. The topological polar surface area (TPSA) is 51.2 Å². The standard InChI is InChI=1S/C11H13ClN2O2/c12-10-9(4-1-5-13-10)11(15)14-7-8-3-2-6-16-8/h1,4-5,8H,2-3,6-7H2,(H,14,15)/t8-/m0/s1. The van der Waals surface area contributed by atoms with Crippen molar-refractivity contribution < 1.29 is 9.53 Å². The number of halogens is 1. The zero-order valence-corrected chi connectivity index (χ0v) is 9.54. The molecule has 4 nitrogen and oxygen atoms in total. The first-order valence-electron chi connectivity index (χ1n) is 5.27. The van der Waals surface area contributed by atoms with Gasteiger partial charge in [0.1, 0.15) is 5.15 Å².